The largest absolute Gasteiger partial charge is 0.460 e. The molecule has 0 saturated heterocycles. The van der Waals surface area contributed by atoms with Crippen LogP contribution in [0.3, 0.4) is 0 Å². The summed E-state index contributed by atoms with van der Waals surface area (Å²) in [6.45, 7) is 3.87. The number of hydrogen-bond donors (Lipinski definition) is 2. The van der Waals surface area contributed by atoms with Gasteiger partial charge in [0.15, 0.2) is 0 Å². The summed E-state index contributed by atoms with van der Waals surface area (Å²) in [5.41, 5.74) is 4.03. The number of carbonyl (C=O) groups is 1. The maximum absolute atomic E-state index is 12.6. The Kier molecular flexibility index (Phi) is 5.55. The third kappa shape index (κ3) is 4.80. The van der Waals surface area contributed by atoms with Crippen LogP contribution in [0.15, 0.2) is 42.5 Å². The fourth-order valence-electron chi connectivity index (χ4n) is 3.68. The van der Waals surface area contributed by atoms with Crippen molar-refractivity contribution >= 4 is 5.91 Å². The van der Waals surface area contributed by atoms with Gasteiger partial charge in [-0.1, -0.05) is 30.3 Å². The van der Waals surface area contributed by atoms with Crippen molar-refractivity contribution in [2.75, 3.05) is 0 Å². The monoisotopic (exact) mass is 391 g/mol. The number of ether oxygens (including phenoxy) is 1. The minimum atomic E-state index is -0.123. The molecule has 0 unspecified atom stereocenters. The molecule has 1 amide bonds. The van der Waals surface area contributed by atoms with Crippen molar-refractivity contribution in [3.05, 3.63) is 59.5 Å². The van der Waals surface area contributed by atoms with E-state index in [1.165, 1.54) is 0 Å². The summed E-state index contributed by atoms with van der Waals surface area (Å²) in [7, 11) is 0. The smallest absolute Gasteiger partial charge is 0.317 e. The number of benzene rings is 1. The fraction of sp³-hybridized carbons (Fsp3) is 0.364. The van der Waals surface area contributed by atoms with E-state index in [0.29, 0.717) is 11.7 Å². The Hall–Kier alpha value is -3.22. The van der Waals surface area contributed by atoms with Gasteiger partial charge in [-0.25, -0.2) is 9.97 Å². The number of aryl methyl sites for hydroxylation is 2. The van der Waals surface area contributed by atoms with E-state index in [4.69, 9.17) is 4.74 Å². The second kappa shape index (κ2) is 8.43. The first-order chi connectivity index (χ1) is 14.1. The molecule has 0 spiro atoms. The highest BCUT2D eigenvalue weighted by Gasteiger charge is 2.25. The van der Waals surface area contributed by atoms with Gasteiger partial charge in [0.25, 0.3) is 5.91 Å². The highest BCUT2D eigenvalue weighted by Crippen LogP contribution is 2.23. The molecule has 29 heavy (non-hydrogen) atoms. The number of nitrogens with zero attached hydrogens (tertiary/aromatic N) is 3. The molecule has 2 N–H and O–H groups in total. The summed E-state index contributed by atoms with van der Waals surface area (Å²) in [4.78, 5) is 21.3. The summed E-state index contributed by atoms with van der Waals surface area (Å²) in [6.07, 6.45) is 3.53. The predicted molar refractivity (Wildman–Crippen MR) is 110 cm³/mol. The van der Waals surface area contributed by atoms with Gasteiger partial charge in [0, 0.05) is 23.0 Å². The average molecular weight is 391 g/mol. The summed E-state index contributed by atoms with van der Waals surface area (Å²) in [6, 6.07) is 14.1. The highest BCUT2D eigenvalue weighted by molar-refractivity contribution is 5.93. The van der Waals surface area contributed by atoms with E-state index in [1.807, 2.05) is 50.2 Å². The molecule has 0 aliphatic heterocycles. The number of H-pyrrole nitrogens is 1. The van der Waals surface area contributed by atoms with Gasteiger partial charge in [0.1, 0.15) is 11.8 Å². The van der Waals surface area contributed by atoms with E-state index >= 15 is 0 Å². The zero-order valence-electron chi connectivity index (χ0n) is 16.7. The summed E-state index contributed by atoms with van der Waals surface area (Å²) < 4.78 is 5.96. The van der Waals surface area contributed by atoms with Crippen LogP contribution in [0.2, 0.25) is 0 Å². The Balaban J connectivity index is 1.29. The lowest BCUT2D eigenvalue weighted by Gasteiger charge is -2.28. The number of rotatable bonds is 5. The second-order valence-corrected chi connectivity index (χ2v) is 7.53. The van der Waals surface area contributed by atoms with Crippen LogP contribution < -0.4 is 10.1 Å². The summed E-state index contributed by atoms with van der Waals surface area (Å²) in [5, 5.41) is 10.2. The molecule has 0 bridgehead atoms. The van der Waals surface area contributed by atoms with E-state index in [2.05, 4.69) is 25.5 Å². The molecule has 2 heterocycles. The number of amides is 1. The Bertz CT molecular complexity index is 958. The van der Waals surface area contributed by atoms with Crippen LogP contribution in [-0.4, -0.2) is 38.2 Å². The molecule has 4 rings (SSSR count). The van der Waals surface area contributed by atoms with Crippen LogP contribution in [0.5, 0.6) is 6.01 Å². The predicted octanol–water partition coefficient (Wildman–Crippen LogP) is 3.60. The van der Waals surface area contributed by atoms with Gasteiger partial charge in [-0.05, 0) is 51.7 Å². The third-order valence-electron chi connectivity index (χ3n) is 5.14. The number of aromatic nitrogens is 4. The topological polar surface area (TPSA) is 92.8 Å². The number of nitrogens with one attached hydrogen (secondary N) is 2. The van der Waals surface area contributed by atoms with Crippen LogP contribution in [-0.2, 0) is 0 Å². The van der Waals surface area contributed by atoms with Crippen LogP contribution in [0.4, 0.5) is 0 Å². The first-order valence-corrected chi connectivity index (χ1v) is 9.97. The lowest BCUT2D eigenvalue weighted by atomic mass is 9.93. The zero-order chi connectivity index (χ0) is 20.2. The first-order valence-electron chi connectivity index (χ1n) is 9.97. The van der Waals surface area contributed by atoms with E-state index in [0.717, 1.165) is 48.3 Å². The molecular formula is C22H25N5O2. The van der Waals surface area contributed by atoms with Crippen molar-refractivity contribution in [3.63, 3.8) is 0 Å². The molecule has 1 aromatic carbocycles. The molecule has 1 aliphatic carbocycles. The number of aromatic amines is 1. The molecule has 7 nitrogen and oxygen atoms in total. The molecule has 1 aliphatic rings. The van der Waals surface area contributed by atoms with Crippen molar-refractivity contribution in [3.8, 4) is 17.3 Å². The minimum Gasteiger partial charge on any atom is -0.460 e. The van der Waals surface area contributed by atoms with E-state index in [9.17, 15) is 4.79 Å². The Morgan fingerprint density at radius 3 is 2.41 bits per heavy atom. The lowest BCUT2D eigenvalue weighted by Crippen LogP contribution is -2.40. The minimum absolute atomic E-state index is 0.0844. The highest BCUT2D eigenvalue weighted by atomic mass is 16.5. The number of hydrogen-bond acceptors (Lipinski definition) is 5. The van der Waals surface area contributed by atoms with Crippen molar-refractivity contribution in [2.24, 2.45) is 0 Å². The van der Waals surface area contributed by atoms with Crippen molar-refractivity contribution in [1.82, 2.24) is 25.5 Å². The quantitative estimate of drug-likeness (QED) is 0.693. The average Bonchev–Trinajstić information content (AvgIpc) is 3.20. The zero-order valence-corrected chi connectivity index (χ0v) is 16.7. The molecule has 3 aromatic rings. The van der Waals surface area contributed by atoms with Gasteiger partial charge in [-0.3, -0.25) is 9.89 Å². The standard InChI is InChI=1S/C22H25N5O2/c1-14-12-15(2)24-22(23-14)29-18-10-8-17(9-11-18)25-21(28)20-13-19(26-27-20)16-6-4-3-5-7-16/h3-7,12-13,17-18H,8-11H2,1-2H3,(H,25,28)(H,26,27). The second-order valence-electron chi connectivity index (χ2n) is 7.53. The molecular weight excluding hydrogens is 366 g/mol. The third-order valence-corrected chi connectivity index (χ3v) is 5.14. The van der Waals surface area contributed by atoms with Gasteiger partial charge < -0.3 is 10.1 Å². The fourth-order valence-corrected chi connectivity index (χ4v) is 3.68. The Morgan fingerprint density at radius 2 is 1.72 bits per heavy atom. The SMILES string of the molecule is Cc1cc(C)nc(OC2CCC(NC(=O)c3cc(-c4ccccc4)n[nH]3)CC2)n1. The maximum atomic E-state index is 12.6. The Morgan fingerprint density at radius 1 is 1.03 bits per heavy atom. The first kappa shape index (κ1) is 19.1. The summed E-state index contributed by atoms with van der Waals surface area (Å²) in [5.74, 6) is -0.123. The maximum Gasteiger partial charge on any atom is 0.317 e. The molecule has 1 fully saturated rings. The van der Waals surface area contributed by atoms with Crippen molar-refractivity contribution in [2.45, 2.75) is 51.7 Å². The van der Waals surface area contributed by atoms with Crippen LogP contribution >= 0.6 is 0 Å². The van der Waals surface area contributed by atoms with E-state index in [-0.39, 0.29) is 18.1 Å². The van der Waals surface area contributed by atoms with E-state index < -0.39 is 0 Å². The van der Waals surface area contributed by atoms with Gasteiger partial charge >= 0.3 is 6.01 Å². The van der Waals surface area contributed by atoms with Crippen LogP contribution in [0, 0.1) is 13.8 Å². The molecule has 150 valence electrons. The van der Waals surface area contributed by atoms with E-state index in [1.54, 1.807) is 6.07 Å². The van der Waals surface area contributed by atoms with Gasteiger partial charge in [0.2, 0.25) is 0 Å². The molecule has 0 radical (unpaired) electrons. The van der Waals surface area contributed by atoms with Crippen molar-refractivity contribution < 1.29 is 9.53 Å². The van der Waals surface area contributed by atoms with Gasteiger partial charge in [0.05, 0.1) is 5.69 Å². The normalized spacial score (nSPS) is 19.0. The van der Waals surface area contributed by atoms with Crippen LogP contribution in [0.25, 0.3) is 11.3 Å². The molecule has 1 saturated carbocycles. The van der Waals surface area contributed by atoms with Crippen LogP contribution in [0.1, 0.15) is 47.6 Å². The summed E-state index contributed by atoms with van der Waals surface area (Å²) >= 11 is 0. The molecule has 0 atom stereocenters. The molecule has 2 aromatic heterocycles. The van der Waals surface area contributed by atoms with Crippen molar-refractivity contribution in [1.29, 1.82) is 0 Å². The lowest BCUT2D eigenvalue weighted by molar-refractivity contribution is 0.0880. The number of carbonyl (C=O) groups excluding carboxylic acids is 1. The Labute approximate surface area is 169 Å². The van der Waals surface area contributed by atoms with Gasteiger partial charge in [-0.2, -0.15) is 5.10 Å². The van der Waals surface area contributed by atoms with Gasteiger partial charge in [-0.15, -0.1) is 0 Å². The molecule has 7 heteroatoms.